The Labute approximate surface area is 193 Å². The number of rotatable bonds is 7. The summed E-state index contributed by atoms with van der Waals surface area (Å²) in [5, 5.41) is 3.91. The number of ketones is 1. The van der Waals surface area contributed by atoms with Crippen molar-refractivity contribution in [1.29, 1.82) is 0 Å². The molecule has 1 fully saturated rings. The topological polar surface area (TPSA) is 83.7 Å². The van der Waals surface area contributed by atoms with E-state index in [0.29, 0.717) is 28.2 Å². The van der Waals surface area contributed by atoms with Gasteiger partial charge in [0.15, 0.2) is 10.9 Å². The first-order valence-corrected chi connectivity index (χ1v) is 11.8. The second-order valence-corrected chi connectivity index (χ2v) is 9.47. The van der Waals surface area contributed by atoms with Gasteiger partial charge in [0.1, 0.15) is 16.5 Å². The third-order valence-electron chi connectivity index (χ3n) is 6.17. The van der Waals surface area contributed by atoms with E-state index >= 15 is 0 Å². The molecule has 0 spiro atoms. The van der Waals surface area contributed by atoms with Gasteiger partial charge in [0, 0.05) is 36.4 Å². The highest BCUT2D eigenvalue weighted by atomic mass is 32.1. The maximum Gasteiger partial charge on any atom is 0.189 e. The largest absolute Gasteiger partial charge is 0.497 e. The summed E-state index contributed by atoms with van der Waals surface area (Å²) < 4.78 is 5.25. The molecule has 170 valence electrons. The van der Waals surface area contributed by atoms with E-state index in [-0.39, 0.29) is 17.5 Å². The van der Waals surface area contributed by atoms with Crippen molar-refractivity contribution in [3.63, 3.8) is 0 Å². The number of Topliss-reactive ketones (excluding diaryl/α,β-unsaturated/α-hetero) is 1. The fourth-order valence-electron chi connectivity index (χ4n) is 4.22. The minimum Gasteiger partial charge on any atom is -0.497 e. The third kappa shape index (κ3) is 4.97. The Hall–Kier alpha value is -2.84. The molecular weight excluding hydrogens is 422 g/mol. The second-order valence-electron chi connectivity index (χ2n) is 8.47. The summed E-state index contributed by atoms with van der Waals surface area (Å²) in [5.74, 6) is 0.664. The van der Waals surface area contributed by atoms with Crippen molar-refractivity contribution in [3.8, 4) is 0 Å². The first-order valence-electron chi connectivity index (χ1n) is 11.0. The molecule has 2 heterocycles. The van der Waals surface area contributed by atoms with Crippen molar-refractivity contribution in [3.05, 3.63) is 53.1 Å². The maximum absolute atomic E-state index is 13.0. The number of carbonyl (C=O) groups excluding carboxylic acids is 1. The normalized spacial score (nSPS) is 19.2. The molecule has 0 saturated carbocycles. The van der Waals surface area contributed by atoms with E-state index in [1.807, 2.05) is 30.4 Å². The molecule has 1 saturated heterocycles. The SMILES string of the molecule is COC1=CC(C(=O)c2sc(Nc3ccc(N4CCC(N(C)C)CC4)cc3)nc2N)CC=C1. The summed E-state index contributed by atoms with van der Waals surface area (Å²) in [6.45, 7) is 2.14. The monoisotopic (exact) mass is 453 g/mol. The van der Waals surface area contributed by atoms with E-state index in [1.165, 1.54) is 29.9 Å². The lowest BCUT2D eigenvalue weighted by Gasteiger charge is -2.36. The van der Waals surface area contributed by atoms with Crippen LogP contribution >= 0.6 is 11.3 Å². The molecule has 4 rings (SSSR count). The summed E-state index contributed by atoms with van der Waals surface area (Å²) in [6.07, 6.45) is 8.66. The van der Waals surface area contributed by atoms with E-state index in [2.05, 4.69) is 46.3 Å². The van der Waals surface area contributed by atoms with Crippen LogP contribution in [0.2, 0.25) is 0 Å². The van der Waals surface area contributed by atoms with Crippen LogP contribution in [-0.2, 0) is 4.74 Å². The number of nitrogen functional groups attached to an aromatic ring is 1. The number of anilines is 4. The van der Waals surface area contributed by atoms with Gasteiger partial charge in [-0.2, -0.15) is 0 Å². The van der Waals surface area contributed by atoms with Gasteiger partial charge in [-0.3, -0.25) is 4.79 Å². The highest BCUT2D eigenvalue weighted by Gasteiger charge is 2.25. The van der Waals surface area contributed by atoms with E-state index in [0.717, 1.165) is 18.8 Å². The Morgan fingerprint density at radius 1 is 1.25 bits per heavy atom. The van der Waals surface area contributed by atoms with Crippen molar-refractivity contribution in [1.82, 2.24) is 9.88 Å². The number of piperidine rings is 1. The zero-order valence-corrected chi connectivity index (χ0v) is 19.7. The average Bonchev–Trinajstić information content (AvgIpc) is 3.19. The molecule has 2 aliphatic rings. The van der Waals surface area contributed by atoms with Crippen molar-refractivity contribution in [2.24, 2.45) is 5.92 Å². The first-order chi connectivity index (χ1) is 15.4. The minimum atomic E-state index is -0.276. The maximum atomic E-state index is 13.0. The van der Waals surface area contributed by atoms with E-state index in [1.54, 1.807) is 7.11 Å². The fraction of sp³-hybridized carbons (Fsp3) is 0.417. The molecule has 2 aromatic rings. The molecule has 1 aromatic carbocycles. The molecule has 0 radical (unpaired) electrons. The van der Waals surface area contributed by atoms with Gasteiger partial charge in [-0.1, -0.05) is 17.4 Å². The number of hydrogen-bond acceptors (Lipinski definition) is 8. The predicted molar refractivity (Wildman–Crippen MR) is 132 cm³/mol. The number of benzene rings is 1. The lowest BCUT2D eigenvalue weighted by Crippen LogP contribution is -2.41. The van der Waals surface area contributed by atoms with Crippen molar-refractivity contribution < 1.29 is 9.53 Å². The average molecular weight is 454 g/mol. The Morgan fingerprint density at radius 3 is 2.62 bits per heavy atom. The van der Waals surface area contributed by atoms with E-state index < -0.39 is 0 Å². The molecular formula is C24H31N5O2S. The van der Waals surface area contributed by atoms with Gasteiger partial charge in [-0.25, -0.2) is 4.98 Å². The Bertz CT molecular complexity index is 1000. The van der Waals surface area contributed by atoms with Crippen LogP contribution in [0.1, 0.15) is 28.9 Å². The molecule has 0 amide bonds. The van der Waals surface area contributed by atoms with Gasteiger partial charge in [0.05, 0.1) is 7.11 Å². The number of nitrogens with two attached hydrogens (primary N) is 1. The number of aromatic nitrogens is 1. The highest BCUT2D eigenvalue weighted by molar-refractivity contribution is 7.18. The van der Waals surface area contributed by atoms with Gasteiger partial charge in [0.25, 0.3) is 0 Å². The van der Waals surface area contributed by atoms with Gasteiger partial charge in [0.2, 0.25) is 0 Å². The van der Waals surface area contributed by atoms with Gasteiger partial charge < -0.3 is 25.6 Å². The Morgan fingerprint density at radius 2 is 1.97 bits per heavy atom. The summed E-state index contributed by atoms with van der Waals surface area (Å²) in [6, 6.07) is 9.03. The lowest BCUT2D eigenvalue weighted by atomic mass is 9.94. The van der Waals surface area contributed by atoms with Crippen molar-refractivity contribution >= 4 is 39.4 Å². The molecule has 1 aliphatic carbocycles. The second kappa shape index (κ2) is 9.75. The number of ether oxygens (including phenoxy) is 1. The number of methoxy groups -OCH3 is 1. The van der Waals surface area contributed by atoms with Crippen LogP contribution in [0.5, 0.6) is 0 Å². The summed E-state index contributed by atoms with van der Waals surface area (Å²) in [5.41, 5.74) is 8.24. The molecule has 1 atom stereocenters. The number of thiazole rings is 1. The summed E-state index contributed by atoms with van der Waals surface area (Å²) in [4.78, 5) is 22.6. The number of allylic oxidation sites excluding steroid dienone is 3. The molecule has 1 aliphatic heterocycles. The van der Waals surface area contributed by atoms with Crippen LogP contribution < -0.4 is 16.0 Å². The van der Waals surface area contributed by atoms with Gasteiger partial charge in [-0.05, 0) is 69.8 Å². The van der Waals surface area contributed by atoms with Gasteiger partial charge in [-0.15, -0.1) is 0 Å². The quantitative estimate of drug-likeness (QED) is 0.605. The smallest absolute Gasteiger partial charge is 0.189 e. The van der Waals surface area contributed by atoms with E-state index in [9.17, 15) is 4.79 Å². The standard InChI is InChI=1S/C24H31N5O2S/c1-28(2)18-11-13-29(14-12-18)19-9-7-17(8-10-19)26-24-27-23(25)22(32-24)21(30)16-5-4-6-20(15-16)31-3/h4,6-10,15-16,18H,5,11-14,25H2,1-3H3,(H,26,27). The Balaban J connectivity index is 1.39. The fourth-order valence-corrected chi connectivity index (χ4v) is 5.13. The van der Waals surface area contributed by atoms with Crippen LogP contribution in [0.25, 0.3) is 0 Å². The molecule has 32 heavy (non-hydrogen) atoms. The first kappa shape index (κ1) is 22.4. The number of carbonyl (C=O) groups is 1. The van der Waals surface area contributed by atoms with Crippen molar-refractivity contribution in [2.45, 2.75) is 25.3 Å². The number of nitrogens with zero attached hydrogens (tertiary/aromatic N) is 3. The summed E-state index contributed by atoms with van der Waals surface area (Å²) in [7, 11) is 5.92. The molecule has 3 N–H and O–H groups in total. The van der Waals surface area contributed by atoms with Crippen LogP contribution in [0.4, 0.5) is 22.3 Å². The molecule has 7 nitrogen and oxygen atoms in total. The van der Waals surface area contributed by atoms with Crippen LogP contribution in [0.15, 0.2) is 48.3 Å². The number of nitrogens with one attached hydrogen (secondary N) is 1. The minimum absolute atomic E-state index is 0.0246. The van der Waals surface area contributed by atoms with Crippen LogP contribution in [0, 0.1) is 5.92 Å². The molecule has 1 unspecified atom stereocenters. The van der Waals surface area contributed by atoms with Crippen LogP contribution in [0.3, 0.4) is 0 Å². The molecule has 8 heteroatoms. The zero-order valence-electron chi connectivity index (χ0n) is 18.9. The van der Waals surface area contributed by atoms with Gasteiger partial charge >= 0.3 is 0 Å². The summed E-state index contributed by atoms with van der Waals surface area (Å²) >= 11 is 1.29. The third-order valence-corrected chi connectivity index (χ3v) is 7.17. The predicted octanol–water partition coefficient (Wildman–Crippen LogP) is 4.29. The lowest BCUT2D eigenvalue weighted by molar-refractivity contribution is 0.0947. The van der Waals surface area contributed by atoms with Crippen molar-refractivity contribution in [2.75, 3.05) is 50.2 Å². The zero-order chi connectivity index (χ0) is 22.7. The Kier molecular flexibility index (Phi) is 6.81. The highest BCUT2D eigenvalue weighted by Crippen LogP contribution is 2.32. The van der Waals surface area contributed by atoms with Crippen LogP contribution in [-0.4, -0.2) is 56.0 Å². The molecule has 0 bridgehead atoms. The van der Waals surface area contributed by atoms with E-state index in [4.69, 9.17) is 10.5 Å². The number of hydrogen-bond donors (Lipinski definition) is 2. The molecule has 1 aromatic heterocycles.